The van der Waals surface area contributed by atoms with Gasteiger partial charge in [0, 0.05) is 22.5 Å². The molecule has 0 spiro atoms. The van der Waals surface area contributed by atoms with Crippen LogP contribution in [-0.4, -0.2) is 37.5 Å². The van der Waals surface area contributed by atoms with Crippen molar-refractivity contribution in [1.82, 2.24) is 0 Å². The largest absolute Gasteiger partial charge is 0.398 e. The molecule has 11 nitrogen and oxygen atoms in total. The number of nitrogens with two attached hydrogens (primary N) is 2. The highest BCUT2D eigenvalue weighted by Gasteiger charge is 2.36. The van der Waals surface area contributed by atoms with E-state index in [1.807, 2.05) is 0 Å². The Balaban J connectivity index is 2.05. The first-order valence-corrected chi connectivity index (χ1v) is 12.4. The minimum Gasteiger partial charge on any atom is -0.398 e. The average molecular weight is 504 g/mol. The zero-order valence-electron chi connectivity index (χ0n) is 17.4. The summed E-state index contributed by atoms with van der Waals surface area (Å²) in [7, 11) is -9.61. The summed E-state index contributed by atoms with van der Waals surface area (Å²) in [5, 5.41) is 2.72. The Morgan fingerprint density at radius 2 is 1.35 bits per heavy atom. The first kappa shape index (κ1) is 23.4. The topological polar surface area (TPSA) is 207 Å². The molecule has 0 aromatic heterocycles. The number of anilines is 4. The standard InChI is InChI=1S/C21H17N3O8S2/c1-9-13(22)6-10(33(27,28)29)7-14(9)24-15-8-16(34(30,31)32)19(23)18-17(15)20(25)11-4-2-3-5-12(11)21(18)26/h2-8,24H,22-23H2,1H3,(H,27,28,29)(H,30,31,32). The lowest BCUT2D eigenvalue weighted by molar-refractivity contribution is 0.0980. The van der Waals surface area contributed by atoms with Gasteiger partial charge in [0.1, 0.15) is 4.90 Å². The van der Waals surface area contributed by atoms with Gasteiger partial charge in [-0.05, 0) is 30.7 Å². The van der Waals surface area contributed by atoms with Crippen molar-refractivity contribution in [2.24, 2.45) is 0 Å². The van der Waals surface area contributed by atoms with E-state index in [4.69, 9.17) is 11.5 Å². The first-order chi connectivity index (χ1) is 15.7. The van der Waals surface area contributed by atoms with E-state index >= 15 is 0 Å². The van der Waals surface area contributed by atoms with Crippen LogP contribution >= 0.6 is 0 Å². The molecule has 13 heteroatoms. The molecule has 1 aliphatic carbocycles. The van der Waals surface area contributed by atoms with Gasteiger partial charge in [-0.3, -0.25) is 18.7 Å². The Kier molecular flexibility index (Phi) is 5.25. The number of fused-ring (bicyclic) bond motifs is 2. The third-order valence-corrected chi connectivity index (χ3v) is 7.19. The molecule has 176 valence electrons. The molecule has 34 heavy (non-hydrogen) atoms. The van der Waals surface area contributed by atoms with Gasteiger partial charge in [0.2, 0.25) is 0 Å². The molecule has 7 N–H and O–H groups in total. The summed E-state index contributed by atoms with van der Waals surface area (Å²) >= 11 is 0. The summed E-state index contributed by atoms with van der Waals surface area (Å²) in [5.41, 5.74) is 10.5. The molecule has 0 amide bonds. The molecule has 0 atom stereocenters. The van der Waals surface area contributed by atoms with Gasteiger partial charge < -0.3 is 16.8 Å². The number of nitrogen functional groups attached to an aromatic ring is 2. The van der Waals surface area contributed by atoms with Crippen LogP contribution in [0.25, 0.3) is 0 Å². The van der Waals surface area contributed by atoms with Crippen LogP contribution in [0.15, 0.2) is 52.3 Å². The fourth-order valence-electron chi connectivity index (χ4n) is 3.74. The molecule has 0 saturated carbocycles. The maximum atomic E-state index is 13.3. The number of hydrogen-bond acceptors (Lipinski definition) is 9. The Bertz CT molecular complexity index is 1640. The van der Waals surface area contributed by atoms with Crippen molar-refractivity contribution in [3.63, 3.8) is 0 Å². The van der Waals surface area contributed by atoms with Crippen LogP contribution in [0.4, 0.5) is 22.7 Å². The lowest BCUT2D eigenvalue weighted by Crippen LogP contribution is -2.25. The van der Waals surface area contributed by atoms with Crippen LogP contribution in [0, 0.1) is 6.92 Å². The number of ketones is 2. The van der Waals surface area contributed by atoms with E-state index in [2.05, 4.69) is 5.32 Å². The van der Waals surface area contributed by atoms with Crippen molar-refractivity contribution in [3.8, 4) is 0 Å². The van der Waals surface area contributed by atoms with Crippen molar-refractivity contribution < 1.29 is 35.5 Å². The van der Waals surface area contributed by atoms with Gasteiger partial charge >= 0.3 is 0 Å². The van der Waals surface area contributed by atoms with Gasteiger partial charge in [-0.2, -0.15) is 16.8 Å². The Morgan fingerprint density at radius 1 is 0.794 bits per heavy atom. The van der Waals surface area contributed by atoms with E-state index in [9.17, 15) is 35.5 Å². The molecule has 0 bridgehead atoms. The van der Waals surface area contributed by atoms with Gasteiger partial charge in [-0.25, -0.2) is 0 Å². The fourth-order valence-corrected chi connectivity index (χ4v) is 4.93. The van der Waals surface area contributed by atoms with Gasteiger partial charge in [0.25, 0.3) is 20.2 Å². The highest BCUT2D eigenvalue weighted by Crippen LogP contribution is 2.41. The third kappa shape index (κ3) is 3.70. The summed E-state index contributed by atoms with van der Waals surface area (Å²) < 4.78 is 66.4. The Morgan fingerprint density at radius 3 is 1.88 bits per heavy atom. The predicted octanol–water partition coefficient (Wildman–Crippen LogP) is 2.17. The maximum absolute atomic E-state index is 13.3. The number of benzene rings is 3. The van der Waals surface area contributed by atoms with Crippen LogP contribution < -0.4 is 16.8 Å². The van der Waals surface area contributed by atoms with Crippen LogP contribution in [0.2, 0.25) is 0 Å². The second-order valence-electron chi connectivity index (χ2n) is 7.55. The molecule has 0 heterocycles. The average Bonchev–Trinajstić information content (AvgIpc) is 2.74. The molecular weight excluding hydrogens is 486 g/mol. The second-order valence-corrected chi connectivity index (χ2v) is 10.4. The maximum Gasteiger partial charge on any atom is 0.296 e. The van der Waals surface area contributed by atoms with Gasteiger partial charge in [-0.1, -0.05) is 24.3 Å². The highest BCUT2D eigenvalue weighted by atomic mass is 32.2. The van der Waals surface area contributed by atoms with E-state index in [1.54, 1.807) is 6.07 Å². The molecule has 0 unspecified atom stereocenters. The minimum absolute atomic E-state index is 0.000987. The summed E-state index contributed by atoms with van der Waals surface area (Å²) in [4.78, 5) is 25.1. The van der Waals surface area contributed by atoms with Crippen LogP contribution in [0.1, 0.15) is 37.4 Å². The molecule has 0 fully saturated rings. The Labute approximate surface area is 193 Å². The van der Waals surface area contributed by atoms with Crippen molar-refractivity contribution in [3.05, 3.63) is 70.3 Å². The van der Waals surface area contributed by atoms with Gasteiger partial charge in [-0.15, -0.1) is 0 Å². The molecule has 4 rings (SSSR count). The molecule has 0 radical (unpaired) electrons. The second kappa shape index (κ2) is 7.63. The summed E-state index contributed by atoms with van der Waals surface area (Å²) in [6, 6.07) is 8.74. The number of carbonyl (C=O) groups is 2. The van der Waals surface area contributed by atoms with Crippen LogP contribution in [0.5, 0.6) is 0 Å². The first-order valence-electron chi connectivity index (χ1n) is 9.49. The van der Waals surface area contributed by atoms with Crippen molar-refractivity contribution in [2.75, 3.05) is 16.8 Å². The highest BCUT2D eigenvalue weighted by molar-refractivity contribution is 7.86. The fraction of sp³-hybridized carbons (Fsp3) is 0.0476. The van der Waals surface area contributed by atoms with Crippen molar-refractivity contribution >= 4 is 54.6 Å². The lowest BCUT2D eigenvalue weighted by atomic mass is 9.82. The molecule has 1 aliphatic rings. The van der Waals surface area contributed by atoms with E-state index in [0.717, 1.165) is 18.2 Å². The quantitative estimate of drug-likeness (QED) is 0.201. The zero-order chi connectivity index (χ0) is 25.2. The van der Waals surface area contributed by atoms with Crippen LogP contribution in [-0.2, 0) is 20.2 Å². The molecule has 3 aromatic carbocycles. The zero-order valence-corrected chi connectivity index (χ0v) is 19.0. The summed E-state index contributed by atoms with van der Waals surface area (Å²) in [6.07, 6.45) is 0. The molecule has 3 aromatic rings. The summed E-state index contributed by atoms with van der Waals surface area (Å²) in [5.74, 6) is -1.39. The van der Waals surface area contributed by atoms with Gasteiger partial charge in [0.05, 0.1) is 27.4 Å². The molecular formula is C21H17N3O8S2. The van der Waals surface area contributed by atoms with Crippen molar-refractivity contribution in [1.29, 1.82) is 0 Å². The molecule has 0 aliphatic heterocycles. The van der Waals surface area contributed by atoms with E-state index in [1.165, 1.54) is 25.1 Å². The monoisotopic (exact) mass is 503 g/mol. The normalized spacial score (nSPS) is 13.4. The number of nitrogens with one attached hydrogen (secondary N) is 1. The van der Waals surface area contributed by atoms with E-state index in [0.29, 0.717) is 5.56 Å². The minimum atomic E-state index is -4.94. The SMILES string of the molecule is Cc1c(N)cc(S(=O)(=O)O)cc1Nc1cc(S(=O)(=O)O)c(N)c2c1C(=O)c1ccccc1C2=O. The third-order valence-electron chi connectivity index (χ3n) is 5.47. The Hall–Kier alpha value is -3.78. The van der Waals surface area contributed by atoms with E-state index < -0.39 is 52.8 Å². The van der Waals surface area contributed by atoms with Gasteiger partial charge in [0.15, 0.2) is 11.6 Å². The molecule has 0 saturated heterocycles. The van der Waals surface area contributed by atoms with Crippen LogP contribution in [0.3, 0.4) is 0 Å². The summed E-state index contributed by atoms with van der Waals surface area (Å²) in [6.45, 7) is 1.50. The number of rotatable bonds is 4. The smallest absolute Gasteiger partial charge is 0.296 e. The van der Waals surface area contributed by atoms with Crippen molar-refractivity contribution in [2.45, 2.75) is 16.7 Å². The number of hydrogen-bond donors (Lipinski definition) is 5. The lowest BCUT2D eigenvalue weighted by Gasteiger charge is -2.24. The van der Waals surface area contributed by atoms with E-state index in [-0.39, 0.29) is 33.8 Å². The predicted molar refractivity (Wildman–Crippen MR) is 123 cm³/mol. The number of carbonyl (C=O) groups excluding carboxylic acids is 2.